The van der Waals surface area contributed by atoms with Crippen LogP contribution in [0.25, 0.3) is 0 Å². The molecule has 0 aliphatic carbocycles. The van der Waals surface area contributed by atoms with E-state index in [1.807, 2.05) is 0 Å². The zero-order chi connectivity index (χ0) is 18.5. The fraction of sp³-hybridized carbons (Fsp3) is 0.263. The van der Waals surface area contributed by atoms with Gasteiger partial charge < -0.3 is 24.6 Å². The Hall–Kier alpha value is -3.06. The number of amides is 1. The van der Waals surface area contributed by atoms with Crippen molar-refractivity contribution >= 4 is 11.9 Å². The van der Waals surface area contributed by atoms with Crippen LogP contribution in [0.5, 0.6) is 11.5 Å². The lowest BCUT2D eigenvalue weighted by Crippen LogP contribution is -2.46. The van der Waals surface area contributed by atoms with Crippen molar-refractivity contribution in [1.29, 1.82) is 0 Å². The number of esters is 1. The van der Waals surface area contributed by atoms with Crippen LogP contribution >= 0.6 is 0 Å². The average molecular weight is 357 g/mol. The molecule has 0 bridgehead atoms. The van der Waals surface area contributed by atoms with Crippen LogP contribution in [-0.2, 0) is 9.53 Å². The molecule has 3 rings (SSSR count). The monoisotopic (exact) mass is 357 g/mol. The molecule has 0 spiro atoms. The molecule has 0 saturated carbocycles. The third kappa shape index (κ3) is 3.78. The molecule has 0 radical (unpaired) electrons. The summed E-state index contributed by atoms with van der Waals surface area (Å²) in [4.78, 5) is 24.8. The van der Waals surface area contributed by atoms with Gasteiger partial charge >= 0.3 is 5.97 Å². The average Bonchev–Trinajstić information content (AvgIpc) is 3.14. The van der Waals surface area contributed by atoms with Crippen LogP contribution in [0.1, 0.15) is 28.9 Å². The highest BCUT2D eigenvalue weighted by Crippen LogP contribution is 2.32. The predicted molar refractivity (Wildman–Crippen MR) is 91.9 cm³/mol. The van der Waals surface area contributed by atoms with E-state index in [1.54, 1.807) is 49.4 Å². The minimum Gasteiger partial charge on any atom is -0.464 e. The van der Waals surface area contributed by atoms with Crippen LogP contribution < -0.4 is 14.8 Å². The lowest BCUT2D eigenvalue weighted by atomic mass is 10.0. The Labute approximate surface area is 150 Å². The van der Waals surface area contributed by atoms with E-state index < -0.39 is 24.0 Å². The zero-order valence-electron chi connectivity index (χ0n) is 14.2. The molecular formula is C19H19NO6. The number of carbonyl (C=O) groups excluding carboxylic acids is 2. The van der Waals surface area contributed by atoms with Crippen LogP contribution in [0, 0.1) is 0 Å². The first-order valence-corrected chi connectivity index (χ1v) is 8.20. The normalized spacial score (nSPS) is 14.4. The smallest absolute Gasteiger partial charge is 0.331 e. The second-order valence-electron chi connectivity index (χ2n) is 5.63. The highest BCUT2D eigenvalue weighted by atomic mass is 16.7. The summed E-state index contributed by atoms with van der Waals surface area (Å²) in [7, 11) is 0. The van der Waals surface area contributed by atoms with Crippen molar-refractivity contribution in [3.05, 3.63) is 59.7 Å². The van der Waals surface area contributed by atoms with Crippen molar-refractivity contribution in [2.24, 2.45) is 0 Å². The molecule has 0 fully saturated rings. The van der Waals surface area contributed by atoms with Crippen LogP contribution in [0.4, 0.5) is 0 Å². The Morgan fingerprint density at radius 2 is 1.88 bits per heavy atom. The summed E-state index contributed by atoms with van der Waals surface area (Å²) in [5.41, 5.74) is 0.778. The number of hydrogen-bond donors (Lipinski definition) is 2. The topological polar surface area (TPSA) is 94.1 Å². The Morgan fingerprint density at radius 3 is 2.62 bits per heavy atom. The maximum Gasteiger partial charge on any atom is 0.331 e. The molecule has 1 amide bonds. The molecule has 26 heavy (non-hydrogen) atoms. The summed E-state index contributed by atoms with van der Waals surface area (Å²) in [6.45, 7) is 1.89. The molecule has 2 aromatic carbocycles. The lowest BCUT2D eigenvalue weighted by molar-refractivity contribution is -0.148. The standard InChI is InChI=1S/C19H19NO6/c1-2-24-19(23)16(17(21)12-6-4-3-5-7-12)20-18(22)13-8-9-14-15(10-13)26-11-25-14/h3-10,16-17,21H,2,11H2,1H3,(H,20,22). The van der Waals surface area contributed by atoms with Crippen LogP contribution in [0.3, 0.4) is 0 Å². The number of hydrogen-bond acceptors (Lipinski definition) is 6. The Balaban J connectivity index is 1.81. The van der Waals surface area contributed by atoms with E-state index in [4.69, 9.17) is 14.2 Å². The molecule has 0 saturated heterocycles. The molecule has 2 atom stereocenters. The molecule has 2 N–H and O–H groups in total. The molecule has 1 heterocycles. The van der Waals surface area contributed by atoms with Gasteiger partial charge in [0.05, 0.1) is 6.61 Å². The van der Waals surface area contributed by atoms with Gasteiger partial charge in [-0.1, -0.05) is 30.3 Å². The molecule has 136 valence electrons. The molecule has 1 aliphatic heterocycles. The molecular weight excluding hydrogens is 338 g/mol. The third-order valence-corrected chi connectivity index (χ3v) is 3.92. The predicted octanol–water partition coefficient (Wildman–Crippen LogP) is 1.81. The van der Waals surface area contributed by atoms with Crippen LogP contribution in [0.15, 0.2) is 48.5 Å². The Morgan fingerprint density at radius 1 is 1.15 bits per heavy atom. The molecule has 7 nitrogen and oxygen atoms in total. The van der Waals surface area contributed by atoms with Gasteiger partial charge in [0.25, 0.3) is 5.91 Å². The van der Waals surface area contributed by atoms with E-state index in [2.05, 4.69) is 5.32 Å². The number of benzene rings is 2. The number of carbonyl (C=O) groups is 2. The van der Waals surface area contributed by atoms with Gasteiger partial charge in [-0.25, -0.2) is 4.79 Å². The number of aliphatic hydroxyl groups excluding tert-OH is 1. The van der Waals surface area contributed by atoms with E-state index >= 15 is 0 Å². The summed E-state index contributed by atoms with van der Waals surface area (Å²) in [5.74, 6) is -0.240. The van der Waals surface area contributed by atoms with Gasteiger partial charge in [-0.2, -0.15) is 0 Å². The summed E-state index contributed by atoms with van der Waals surface area (Å²) in [6, 6.07) is 12.1. The zero-order valence-corrected chi connectivity index (χ0v) is 14.2. The molecule has 0 aromatic heterocycles. The summed E-state index contributed by atoms with van der Waals surface area (Å²) in [6.07, 6.45) is -1.24. The fourth-order valence-electron chi connectivity index (χ4n) is 2.60. The Bertz CT molecular complexity index is 792. The quantitative estimate of drug-likeness (QED) is 0.766. The number of rotatable bonds is 6. The second kappa shape index (κ2) is 7.88. The molecule has 2 unspecified atom stereocenters. The summed E-state index contributed by atoms with van der Waals surface area (Å²) >= 11 is 0. The summed E-state index contributed by atoms with van der Waals surface area (Å²) in [5, 5.41) is 13.1. The van der Waals surface area contributed by atoms with Gasteiger partial charge in [0, 0.05) is 5.56 Å². The van der Waals surface area contributed by atoms with E-state index in [1.165, 1.54) is 6.07 Å². The van der Waals surface area contributed by atoms with Crippen molar-refractivity contribution < 1.29 is 28.9 Å². The molecule has 7 heteroatoms. The van der Waals surface area contributed by atoms with Gasteiger partial charge in [-0.3, -0.25) is 4.79 Å². The molecule has 2 aromatic rings. The van der Waals surface area contributed by atoms with Crippen LogP contribution in [0.2, 0.25) is 0 Å². The molecule has 1 aliphatic rings. The van der Waals surface area contributed by atoms with Crippen molar-refractivity contribution in [2.45, 2.75) is 19.1 Å². The summed E-state index contributed by atoms with van der Waals surface area (Å²) < 4.78 is 15.5. The first-order valence-electron chi connectivity index (χ1n) is 8.20. The van der Waals surface area contributed by atoms with Gasteiger partial charge in [-0.05, 0) is 30.7 Å². The largest absolute Gasteiger partial charge is 0.464 e. The van der Waals surface area contributed by atoms with Gasteiger partial charge in [0.15, 0.2) is 17.5 Å². The van der Waals surface area contributed by atoms with Crippen molar-refractivity contribution in [2.75, 3.05) is 13.4 Å². The van der Waals surface area contributed by atoms with E-state index in [-0.39, 0.29) is 19.0 Å². The first kappa shape index (κ1) is 17.8. The maximum absolute atomic E-state index is 12.6. The fourth-order valence-corrected chi connectivity index (χ4v) is 2.60. The first-order chi connectivity index (χ1) is 12.6. The van der Waals surface area contributed by atoms with E-state index in [9.17, 15) is 14.7 Å². The third-order valence-electron chi connectivity index (χ3n) is 3.92. The highest BCUT2D eigenvalue weighted by molar-refractivity contribution is 5.97. The maximum atomic E-state index is 12.6. The Kier molecular flexibility index (Phi) is 5.38. The van der Waals surface area contributed by atoms with E-state index in [0.717, 1.165) is 0 Å². The minimum absolute atomic E-state index is 0.0958. The number of fused-ring (bicyclic) bond motifs is 1. The minimum atomic E-state index is -1.24. The number of aliphatic hydroxyl groups is 1. The van der Waals surface area contributed by atoms with Crippen molar-refractivity contribution in [3.8, 4) is 11.5 Å². The van der Waals surface area contributed by atoms with Crippen LogP contribution in [-0.4, -0.2) is 36.4 Å². The SMILES string of the molecule is CCOC(=O)C(NC(=O)c1ccc2c(c1)OCO2)C(O)c1ccccc1. The number of ether oxygens (including phenoxy) is 3. The van der Waals surface area contributed by atoms with Crippen molar-refractivity contribution in [3.63, 3.8) is 0 Å². The van der Waals surface area contributed by atoms with Crippen molar-refractivity contribution in [1.82, 2.24) is 5.32 Å². The van der Waals surface area contributed by atoms with Gasteiger partial charge in [-0.15, -0.1) is 0 Å². The highest BCUT2D eigenvalue weighted by Gasteiger charge is 2.31. The number of nitrogens with one attached hydrogen (secondary N) is 1. The van der Waals surface area contributed by atoms with Gasteiger partial charge in [0.2, 0.25) is 6.79 Å². The lowest BCUT2D eigenvalue weighted by Gasteiger charge is -2.23. The van der Waals surface area contributed by atoms with E-state index in [0.29, 0.717) is 17.1 Å². The second-order valence-corrected chi connectivity index (χ2v) is 5.63. The van der Waals surface area contributed by atoms with Gasteiger partial charge in [0.1, 0.15) is 6.10 Å².